The summed E-state index contributed by atoms with van der Waals surface area (Å²) in [6.07, 6.45) is 1.68. The fraction of sp³-hybridized carbons (Fsp3) is 0.200. The van der Waals surface area contributed by atoms with Crippen molar-refractivity contribution >= 4 is 11.6 Å². The number of rotatable bonds is 5. The van der Waals surface area contributed by atoms with Gasteiger partial charge in [-0.1, -0.05) is 12.1 Å². The maximum absolute atomic E-state index is 11.8. The lowest BCUT2D eigenvalue weighted by molar-refractivity contribution is -0.118. The summed E-state index contributed by atoms with van der Waals surface area (Å²) in [6, 6.07) is 10.9. The van der Waals surface area contributed by atoms with Crippen LogP contribution in [0.2, 0.25) is 0 Å². The molecule has 1 amide bonds. The van der Waals surface area contributed by atoms with Crippen molar-refractivity contribution in [2.45, 2.75) is 13.5 Å². The first-order chi connectivity index (χ1) is 9.69. The number of aryl methyl sites for hydroxylation is 1. The predicted octanol–water partition coefficient (Wildman–Crippen LogP) is 1.87. The van der Waals surface area contributed by atoms with Gasteiger partial charge in [-0.3, -0.25) is 9.78 Å². The molecule has 0 unspecified atom stereocenters. The molecule has 0 aliphatic rings. The molecule has 0 saturated carbocycles. The minimum absolute atomic E-state index is 0.0504. The van der Waals surface area contributed by atoms with Gasteiger partial charge in [0, 0.05) is 18.4 Å². The number of nitrogens with one attached hydrogen (secondary N) is 1. The van der Waals surface area contributed by atoms with Gasteiger partial charge in [0.15, 0.2) is 6.61 Å². The van der Waals surface area contributed by atoms with Crippen LogP contribution in [0.4, 0.5) is 5.69 Å². The van der Waals surface area contributed by atoms with Gasteiger partial charge in [-0.15, -0.1) is 0 Å². The number of anilines is 1. The topological polar surface area (TPSA) is 77.2 Å². The van der Waals surface area contributed by atoms with E-state index in [4.69, 9.17) is 10.5 Å². The van der Waals surface area contributed by atoms with Gasteiger partial charge in [0.25, 0.3) is 5.91 Å². The van der Waals surface area contributed by atoms with Crippen molar-refractivity contribution in [3.05, 3.63) is 53.9 Å². The highest BCUT2D eigenvalue weighted by molar-refractivity contribution is 5.91. The standard InChI is InChI=1S/C15H17N3O2/c1-11-14(3-2-8-17-11)20-10-15(19)18-13-6-4-12(9-16)5-7-13/h2-8H,9-10,16H2,1H3,(H,18,19). The molecule has 104 valence electrons. The summed E-state index contributed by atoms with van der Waals surface area (Å²) in [7, 11) is 0. The van der Waals surface area contributed by atoms with Crippen LogP contribution in [0.25, 0.3) is 0 Å². The molecule has 1 heterocycles. The second-order valence-corrected chi connectivity index (χ2v) is 4.32. The van der Waals surface area contributed by atoms with Gasteiger partial charge >= 0.3 is 0 Å². The Morgan fingerprint density at radius 2 is 2.05 bits per heavy atom. The number of carbonyl (C=O) groups is 1. The van der Waals surface area contributed by atoms with Gasteiger partial charge in [0.1, 0.15) is 5.75 Å². The Morgan fingerprint density at radius 3 is 2.70 bits per heavy atom. The average molecular weight is 271 g/mol. The Kier molecular flexibility index (Phi) is 4.68. The molecule has 5 heteroatoms. The number of nitrogens with zero attached hydrogens (tertiary/aromatic N) is 1. The lowest BCUT2D eigenvalue weighted by Gasteiger charge is -2.09. The third kappa shape index (κ3) is 3.80. The van der Waals surface area contributed by atoms with Gasteiger partial charge in [-0.2, -0.15) is 0 Å². The molecule has 3 N–H and O–H groups in total. The SMILES string of the molecule is Cc1ncccc1OCC(=O)Nc1ccc(CN)cc1. The second-order valence-electron chi connectivity index (χ2n) is 4.32. The van der Waals surface area contributed by atoms with Crippen molar-refractivity contribution in [3.8, 4) is 5.75 Å². The van der Waals surface area contributed by atoms with Crippen molar-refractivity contribution in [1.29, 1.82) is 0 Å². The lowest BCUT2D eigenvalue weighted by Crippen LogP contribution is -2.20. The van der Waals surface area contributed by atoms with Crippen LogP contribution in [-0.2, 0) is 11.3 Å². The highest BCUT2D eigenvalue weighted by Gasteiger charge is 2.05. The fourth-order valence-corrected chi connectivity index (χ4v) is 1.69. The van der Waals surface area contributed by atoms with E-state index in [-0.39, 0.29) is 12.5 Å². The van der Waals surface area contributed by atoms with Crippen molar-refractivity contribution in [1.82, 2.24) is 4.98 Å². The minimum atomic E-state index is -0.214. The fourth-order valence-electron chi connectivity index (χ4n) is 1.69. The van der Waals surface area contributed by atoms with E-state index in [1.165, 1.54) is 0 Å². The van der Waals surface area contributed by atoms with Gasteiger partial charge in [-0.05, 0) is 36.8 Å². The van der Waals surface area contributed by atoms with Crippen LogP contribution in [0.15, 0.2) is 42.6 Å². The number of aromatic nitrogens is 1. The van der Waals surface area contributed by atoms with Crippen LogP contribution in [-0.4, -0.2) is 17.5 Å². The molecule has 0 radical (unpaired) electrons. The zero-order chi connectivity index (χ0) is 14.4. The maximum atomic E-state index is 11.8. The molecule has 20 heavy (non-hydrogen) atoms. The largest absolute Gasteiger partial charge is 0.482 e. The third-order valence-electron chi connectivity index (χ3n) is 2.79. The summed E-state index contributed by atoms with van der Waals surface area (Å²) >= 11 is 0. The first-order valence-corrected chi connectivity index (χ1v) is 6.32. The zero-order valence-electron chi connectivity index (χ0n) is 11.3. The Labute approximate surface area is 117 Å². The molecule has 0 spiro atoms. The second kappa shape index (κ2) is 6.68. The van der Waals surface area contributed by atoms with Gasteiger partial charge in [0.05, 0.1) is 5.69 Å². The molecular formula is C15H17N3O2. The molecule has 0 bridgehead atoms. The molecule has 2 aromatic rings. The average Bonchev–Trinajstić information content (AvgIpc) is 2.47. The molecule has 1 aromatic heterocycles. The Balaban J connectivity index is 1.87. The van der Waals surface area contributed by atoms with Crippen LogP contribution in [0.5, 0.6) is 5.75 Å². The molecular weight excluding hydrogens is 254 g/mol. The highest BCUT2D eigenvalue weighted by Crippen LogP contribution is 2.14. The van der Waals surface area contributed by atoms with Crippen LogP contribution < -0.4 is 15.8 Å². The first-order valence-electron chi connectivity index (χ1n) is 6.32. The first kappa shape index (κ1) is 14.0. The van der Waals surface area contributed by atoms with Gasteiger partial charge in [-0.25, -0.2) is 0 Å². The van der Waals surface area contributed by atoms with Gasteiger partial charge < -0.3 is 15.8 Å². The smallest absolute Gasteiger partial charge is 0.262 e. The molecule has 5 nitrogen and oxygen atoms in total. The highest BCUT2D eigenvalue weighted by atomic mass is 16.5. The normalized spacial score (nSPS) is 10.1. The molecule has 2 rings (SSSR count). The van der Waals surface area contributed by atoms with E-state index in [9.17, 15) is 4.79 Å². The zero-order valence-corrected chi connectivity index (χ0v) is 11.3. The quantitative estimate of drug-likeness (QED) is 0.870. The molecule has 0 aliphatic heterocycles. The minimum Gasteiger partial charge on any atom is -0.482 e. The van der Waals surface area contributed by atoms with Crippen molar-refractivity contribution in [2.75, 3.05) is 11.9 Å². The number of hydrogen-bond acceptors (Lipinski definition) is 4. The summed E-state index contributed by atoms with van der Waals surface area (Å²) in [4.78, 5) is 15.9. The van der Waals surface area contributed by atoms with Crippen molar-refractivity contribution in [3.63, 3.8) is 0 Å². The van der Waals surface area contributed by atoms with Crippen LogP contribution in [0.1, 0.15) is 11.3 Å². The molecule has 0 aliphatic carbocycles. The summed E-state index contributed by atoms with van der Waals surface area (Å²) in [5, 5.41) is 2.76. The van der Waals surface area contributed by atoms with E-state index in [0.29, 0.717) is 12.3 Å². The molecule has 1 aromatic carbocycles. The summed E-state index contributed by atoms with van der Waals surface area (Å²) in [6.45, 7) is 2.27. The summed E-state index contributed by atoms with van der Waals surface area (Å²) in [5.41, 5.74) is 8.01. The van der Waals surface area contributed by atoms with Crippen LogP contribution in [0, 0.1) is 6.92 Å². The predicted molar refractivity (Wildman–Crippen MR) is 77.4 cm³/mol. The van der Waals surface area contributed by atoms with E-state index in [0.717, 1.165) is 16.9 Å². The summed E-state index contributed by atoms with van der Waals surface area (Å²) in [5.74, 6) is 0.398. The maximum Gasteiger partial charge on any atom is 0.262 e. The number of pyridine rings is 1. The Bertz CT molecular complexity index is 582. The van der Waals surface area contributed by atoms with Crippen molar-refractivity contribution < 1.29 is 9.53 Å². The number of ether oxygens (including phenoxy) is 1. The van der Waals surface area contributed by atoms with E-state index >= 15 is 0 Å². The van der Waals surface area contributed by atoms with Crippen LogP contribution >= 0.6 is 0 Å². The third-order valence-corrected chi connectivity index (χ3v) is 2.79. The van der Waals surface area contributed by atoms with E-state index in [2.05, 4.69) is 10.3 Å². The Morgan fingerprint density at radius 1 is 1.30 bits per heavy atom. The molecule has 0 fully saturated rings. The number of hydrogen-bond donors (Lipinski definition) is 2. The molecule has 0 atom stereocenters. The summed E-state index contributed by atoms with van der Waals surface area (Å²) < 4.78 is 5.42. The molecule has 0 saturated heterocycles. The monoisotopic (exact) mass is 271 g/mol. The van der Waals surface area contributed by atoms with E-state index in [1.807, 2.05) is 31.2 Å². The Hall–Kier alpha value is -2.40. The number of carbonyl (C=O) groups excluding carboxylic acids is 1. The lowest BCUT2D eigenvalue weighted by atomic mass is 10.2. The number of amides is 1. The van der Waals surface area contributed by atoms with Gasteiger partial charge in [0.2, 0.25) is 0 Å². The van der Waals surface area contributed by atoms with Crippen LogP contribution in [0.3, 0.4) is 0 Å². The van der Waals surface area contributed by atoms with E-state index in [1.54, 1.807) is 18.3 Å². The van der Waals surface area contributed by atoms with E-state index < -0.39 is 0 Å². The van der Waals surface area contributed by atoms with Crippen molar-refractivity contribution in [2.24, 2.45) is 5.73 Å². The number of nitrogens with two attached hydrogens (primary N) is 1. The number of benzene rings is 1.